The van der Waals surface area contributed by atoms with E-state index in [0.717, 1.165) is 30.6 Å². The van der Waals surface area contributed by atoms with E-state index in [2.05, 4.69) is 26.5 Å². The first-order valence-electron chi connectivity index (χ1n) is 8.99. The molecule has 1 aromatic heterocycles. The number of benzene rings is 1. The monoisotopic (exact) mass is 362 g/mol. The van der Waals surface area contributed by atoms with Gasteiger partial charge in [-0.25, -0.2) is 9.97 Å². The van der Waals surface area contributed by atoms with Gasteiger partial charge in [0.15, 0.2) is 6.61 Å². The second kappa shape index (κ2) is 6.27. The molecule has 2 aromatic rings. The van der Waals surface area contributed by atoms with E-state index in [-0.39, 0.29) is 23.6 Å². The van der Waals surface area contributed by atoms with Crippen LogP contribution in [-0.2, 0) is 4.79 Å². The van der Waals surface area contributed by atoms with Crippen molar-refractivity contribution in [1.82, 2.24) is 15.3 Å². The molecule has 0 saturated heterocycles. The van der Waals surface area contributed by atoms with Gasteiger partial charge in [-0.2, -0.15) is 0 Å². The van der Waals surface area contributed by atoms with Crippen molar-refractivity contribution in [3.05, 3.63) is 47.4 Å². The van der Waals surface area contributed by atoms with Gasteiger partial charge in [0.05, 0.1) is 12.4 Å². The van der Waals surface area contributed by atoms with Gasteiger partial charge in [0.2, 0.25) is 0 Å². The lowest BCUT2D eigenvalue weighted by Crippen LogP contribution is -2.81. The highest BCUT2D eigenvalue weighted by molar-refractivity contribution is 5.79. The van der Waals surface area contributed by atoms with Crippen LogP contribution in [0.15, 0.2) is 30.6 Å². The highest BCUT2D eigenvalue weighted by atomic mass is 16.5. The number of rotatable bonds is 6. The zero-order chi connectivity index (χ0) is 19.1. The Hall–Kier alpha value is -3.07. The second-order valence-corrected chi connectivity index (χ2v) is 7.73. The molecule has 3 aliphatic rings. The van der Waals surface area contributed by atoms with Crippen LogP contribution in [0, 0.1) is 26.2 Å². The average molecular weight is 362 g/mol. The van der Waals surface area contributed by atoms with E-state index in [1.54, 1.807) is 12.4 Å². The lowest BCUT2D eigenvalue weighted by atomic mass is 9.44. The van der Waals surface area contributed by atoms with E-state index in [9.17, 15) is 4.79 Å². The highest BCUT2D eigenvalue weighted by Crippen LogP contribution is 2.61. The smallest absolute Gasteiger partial charge is 0.258 e. The van der Waals surface area contributed by atoms with Gasteiger partial charge in [0.25, 0.3) is 5.91 Å². The summed E-state index contributed by atoms with van der Waals surface area (Å²) in [4.78, 5) is 20.7. The first-order chi connectivity index (χ1) is 12.9. The number of anilines is 1. The summed E-state index contributed by atoms with van der Waals surface area (Å²) in [6.45, 7) is 4.11. The van der Waals surface area contributed by atoms with Gasteiger partial charge < -0.3 is 15.4 Å². The number of hydrogen-bond donors (Lipinski definition) is 2. The summed E-state index contributed by atoms with van der Waals surface area (Å²) in [5, 5.41) is 6.53. The zero-order valence-corrected chi connectivity index (χ0v) is 15.5. The summed E-state index contributed by atoms with van der Waals surface area (Å²) in [5.74, 6) is 3.80. The Kier molecular flexibility index (Phi) is 4.03. The van der Waals surface area contributed by atoms with Gasteiger partial charge in [-0.3, -0.25) is 4.79 Å². The molecule has 1 heterocycles. The summed E-state index contributed by atoms with van der Waals surface area (Å²) in [6, 6.07) is 5.84. The van der Waals surface area contributed by atoms with E-state index < -0.39 is 0 Å². The Morgan fingerprint density at radius 3 is 2.59 bits per heavy atom. The van der Waals surface area contributed by atoms with Crippen molar-refractivity contribution in [2.45, 2.75) is 44.2 Å². The van der Waals surface area contributed by atoms with Gasteiger partial charge in [0.1, 0.15) is 17.3 Å². The van der Waals surface area contributed by atoms with Crippen LogP contribution < -0.4 is 15.4 Å². The predicted molar refractivity (Wildman–Crippen MR) is 102 cm³/mol. The fraction of sp³-hybridized carbons (Fsp3) is 0.381. The number of carbonyl (C=O) groups is 1. The second-order valence-electron chi connectivity index (χ2n) is 7.73. The first-order valence-corrected chi connectivity index (χ1v) is 8.99. The lowest BCUT2D eigenvalue weighted by Gasteiger charge is -2.70. The molecule has 1 amide bonds. The van der Waals surface area contributed by atoms with Crippen LogP contribution in [0.3, 0.4) is 0 Å². The van der Waals surface area contributed by atoms with Crippen molar-refractivity contribution >= 4 is 11.7 Å². The van der Waals surface area contributed by atoms with Crippen molar-refractivity contribution in [3.63, 3.8) is 0 Å². The molecule has 6 nitrogen and oxygen atoms in total. The van der Waals surface area contributed by atoms with E-state index >= 15 is 0 Å². The van der Waals surface area contributed by atoms with Crippen LogP contribution in [0.2, 0.25) is 0 Å². The molecule has 0 spiro atoms. The van der Waals surface area contributed by atoms with Gasteiger partial charge in [0, 0.05) is 11.1 Å². The van der Waals surface area contributed by atoms with E-state index in [4.69, 9.17) is 11.2 Å². The van der Waals surface area contributed by atoms with Gasteiger partial charge >= 0.3 is 0 Å². The minimum Gasteiger partial charge on any atom is -0.484 e. The van der Waals surface area contributed by atoms with Gasteiger partial charge in [-0.15, -0.1) is 6.42 Å². The van der Waals surface area contributed by atoms with E-state index in [0.29, 0.717) is 11.5 Å². The number of nitrogens with zero attached hydrogens (tertiary/aromatic N) is 2. The minimum absolute atomic E-state index is 0.00848. The number of aromatic nitrogens is 2. The maximum atomic E-state index is 12.2. The normalized spacial score (nSPS) is 24.8. The number of hydrogen-bond acceptors (Lipinski definition) is 5. The third kappa shape index (κ3) is 3.33. The number of amides is 1. The molecule has 6 heteroatoms. The Balaban J connectivity index is 1.24. The molecule has 0 radical (unpaired) electrons. The Labute approximate surface area is 158 Å². The Morgan fingerprint density at radius 1 is 1.19 bits per heavy atom. The van der Waals surface area contributed by atoms with Crippen molar-refractivity contribution < 1.29 is 9.53 Å². The molecule has 0 atom stereocenters. The summed E-state index contributed by atoms with van der Waals surface area (Å²) in [7, 11) is 0. The van der Waals surface area contributed by atoms with Gasteiger partial charge in [-0.05, 0) is 62.3 Å². The molecule has 0 aliphatic heterocycles. The van der Waals surface area contributed by atoms with Crippen LogP contribution >= 0.6 is 0 Å². The van der Waals surface area contributed by atoms with Gasteiger partial charge in [-0.1, -0.05) is 6.07 Å². The summed E-state index contributed by atoms with van der Waals surface area (Å²) in [6.07, 6.45) is 11.2. The number of nitrogens with one attached hydrogen (secondary N) is 2. The number of ether oxygens (including phenoxy) is 1. The summed E-state index contributed by atoms with van der Waals surface area (Å²) in [5.41, 5.74) is 2.78. The lowest BCUT2D eigenvalue weighted by molar-refractivity contribution is -0.135. The molecule has 2 N–H and O–H groups in total. The van der Waals surface area contributed by atoms with Crippen molar-refractivity contribution in [1.29, 1.82) is 0 Å². The standard InChI is InChI=1S/C21H22N4O2/c1-4-16-8-23-18(9-22-16)24-20-11-21(12-20,13-20)25-19(26)10-27-17-6-5-14(2)15(3)7-17/h1,5-9H,10-13H2,2-3H3,(H,23,24)(H,25,26). The molecule has 3 aliphatic carbocycles. The van der Waals surface area contributed by atoms with Crippen molar-refractivity contribution in [2.75, 3.05) is 11.9 Å². The minimum atomic E-state index is -0.108. The van der Waals surface area contributed by atoms with Crippen LogP contribution in [0.4, 0.5) is 5.82 Å². The molecule has 3 saturated carbocycles. The molecule has 0 unspecified atom stereocenters. The van der Waals surface area contributed by atoms with Crippen LogP contribution in [-0.4, -0.2) is 33.6 Å². The Bertz CT molecular complexity index is 910. The quantitative estimate of drug-likeness (QED) is 0.772. The molecule has 2 bridgehead atoms. The molecule has 5 rings (SSSR count). The fourth-order valence-corrected chi connectivity index (χ4v) is 4.08. The molecular formula is C21H22N4O2. The number of terminal acetylenes is 1. The van der Waals surface area contributed by atoms with Crippen molar-refractivity contribution in [3.8, 4) is 18.1 Å². The van der Waals surface area contributed by atoms with Crippen LogP contribution in [0.1, 0.15) is 36.1 Å². The predicted octanol–water partition coefficient (Wildman–Crippen LogP) is 2.36. The first kappa shape index (κ1) is 17.3. The molecule has 3 fully saturated rings. The summed E-state index contributed by atoms with van der Waals surface area (Å²) >= 11 is 0. The topological polar surface area (TPSA) is 76.1 Å². The number of carbonyl (C=O) groups excluding carboxylic acids is 1. The summed E-state index contributed by atoms with van der Waals surface area (Å²) < 4.78 is 5.62. The third-order valence-corrected chi connectivity index (χ3v) is 5.48. The largest absolute Gasteiger partial charge is 0.484 e. The Morgan fingerprint density at radius 2 is 1.96 bits per heavy atom. The van der Waals surface area contributed by atoms with E-state index in [1.807, 2.05) is 32.0 Å². The van der Waals surface area contributed by atoms with E-state index in [1.165, 1.54) is 5.56 Å². The number of aryl methyl sites for hydroxylation is 2. The molecule has 138 valence electrons. The average Bonchev–Trinajstić information content (AvgIpc) is 2.60. The van der Waals surface area contributed by atoms with Crippen LogP contribution in [0.25, 0.3) is 0 Å². The zero-order valence-electron chi connectivity index (χ0n) is 15.5. The molecule has 27 heavy (non-hydrogen) atoms. The fourth-order valence-electron chi connectivity index (χ4n) is 4.08. The highest BCUT2D eigenvalue weighted by Gasteiger charge is 2.68. The maximum Gasteiger partial charge on any atom is 0.258 e. The third-order valence-electron chi connectivity index (χ3n) is 5.48. The molecule has 1 aromatic carbocycles. The molecular weight excluding hydrogens is 340 g/mol. The van der Waals surface area contributed by atoms with Crippen LogP contribution in [0.5, 0.6) is 5.75 Å². The SMILES string of the molecule is C#Cc1cnc(NC23CC(NC(=O)COc4ccc(C)c(C)c4)(C2)C3)cn1. The van der Waals surface area contributed by atoms with Crippen molar-refractivity contribution in [2.24, 2.45) is 0 Å². The maximum absolute atomic E-state index is 12.2.